The van der Waals surface area contributed by atoms with Crippen molar-refractivity contribution < 1.29 is 0 Å². The molecule has 0 amide bonds. The van der Waals surface area contributed by atoms with Gasteiger partial charge in [-0.3, -0.25) is 0 Å². The Morgan fingerprint density at radius 3 is 1.30 bits per heavy atom. The standard InChI is InChI=1S/C70H59N/c1-67(2,3)50-36-40-54(41-37-50)69(52-25-12-8-13-26-52)62-33-19-17-31-60(62)66-63(69)34-21-35-65(66)71(56-29-20-24-49(46-56)48-22-10-7-11-23-48)57-44-45-59-58-30-16-18-32-61(58)70(64(59)47-57,53-27-14-9-15-28-53)55-42-38-51(39-43-55)68(4,5)6/h7-47H,1-6H3. The number of hydrogen-bond acceptors (Lipinski definition) is 1. The second-order valence-corrected chi connectivity index (χ2v) is 21.7. The molecular weight excluding hydrogens is 855 g/mol. The van der Waals surface area contributed by atoms with E-state index >= 15 is 0 Å². The minimum Gasteiger partial charge on any atom is -0.310 e. The number of anilines is 3. The van der Waals surface area contributed by atoms with Crippen LogP contribution in [0.15, 0.2) is 249 Å². The van der Waals surface area contributed by atoms with E-state index in [1.54, 1.807) is 0 Å². The van der Waals surface area contributed by atoms with Crippen molar-refractivity contribution in [2.24, 2.45) is 0 Å². The first-order chi connectivity index (χ1) is 34.5. The van der Waals surface area contributed by atoms with Crippen molar-refractivity contribution in [3.05, 3.63) is 304 Å². The molecule has 344 valence electrons. The number of fused-ring (bicyclic) bond motifs is 6. The molecule has 2 aliphatic rings. The van der Waals surface area contributed by atoms with E-state index in [0.29, 0.717) is 0 Å². The zero-order valence-electron chi connectivity index (χ0n) is 41.6. The molecule has 2 aliphatic carbocycles. The number of nitrogens with zero attached hydrogens (tertiary/aromatic N) is 1. The predicted molar refractivity (Wildman–Crippen MR) is 299 cm³/mol. The molecule has 12 rings (SSSR count). The maximum absolute atomic E-state index is 2.55. The van der Waals surface area contributed by atoms with Gasteiger partial charge in [0, 0.05) is 16.9 Å². The van der Waals surface area contributed by atoms with E-state index in [4.69, 9.17) is 0 Å². The zero-order valence-corrected chi connectivity index (χ0v) is 41.6. The van der Waals surface area contributed by atoms with Crippen molar-refractivity contribution in [1.29, 1.82) is 0 Å². The molecule has 2 atom stereocenters. The van der Waals surface area contributed by atoms with Gasteiger partial charge in [-0.25, -0.2) is 0 Å². The van der Waals surface area contributed by atoms with Gasteiger partial charge >= 0.3 is 0 Å². The molecule has 0 fully saturated rings. The summed E-state index contributed by atoms with van der Waals surface area (Å²) >= 11 is 0. The van der Waals surface area contributed by atoms with E-state index in [-0.39, 0.29) is 10.8 Å². The third-order valence-corrected chi connectivity index (χ3v) is 15.6. The lowest BCUT2D eigenvalue weighted by Crippen LogP contribution is -2.29. The van der Waals surface area contributed by atoms with Gasteiger partial charge in [-0.15, -0.1) is 0 Å². The molecule has 71 heavy (non-hydrogen) atoms. The molecule has 0 saturated carbocycles. The van der Waals surface area contributed by atoms with Crippen LogP contribution in [0.1, 0.15) is 97.2 Å². The van der Waals surface area contributed by atoms with Gasteiger partial charge < -0.3 is 4.90 Å². The van der Waals surface area contributed by atoms with Crippen LogP contribution in [0.25, 0.3) is 33.4 Å². The highest BCUT2D eigenvalue weighted by atomic mass is 15.1. The molecule has 10 aromatic rings. The van der Waals surface area contributed by atoms with Gasteiger partial charge in [-0.1, -0.05) is 260 Å². The Morgan fingerprint density at radius 1 is 0.296 bits per heavy atom. The van der Waals surface area contributed by atoms with Gasteiger partial charge in [0.2, 0.25) is 0 Å². The van der Waals surface area contributed by atoms with Crippen LogP contribution in [-0.4, -0.2) is 0 Å². The Labute approximate surface area is 420 Å². The van der Waals surface area contributed by atoms with Crippen LogP contribution in [0.2, 0.25) is 0 Å². The average molecular weight is 914 g/mol. The molecular formula is C70H59N. The minimum atomic E-state index is -0.579. The number of rotatable bonds is 8. The Hall–Kier alpha value is -8.00. The molecule has 0 N–H and O–H groups in total. The predicted octanol–water partition coefficient (Wildman–Crippen LogP) is 18.1. The first kappa shape index (κ1) is 44.2. The summed E-state index contributed by atoms with van der Waals surface area (Å²) in [5.74, 6) is 0. The largest absolute Gasteiger partial charge is 0.310 e. The third kappa shape index (κ3) is 6.97. The van der Waals surface area contributed by atoms with Crippen LogP contribution in [0.4, 0.5) is 17.1 Å². The summed E-state index contributed by atoms with van der Waals surface area (Å²) in [4.78, 5) is 2.55. The van der Waals surface area contributed by atoms with Gasteiger partial charge in [0.25, 0.3) is 0 Å². The lowest BCUT2D eigenvalue weighted by Gasteiger charge is -2.36. The van der Waals surface area contributed by atoms with E-state index in [9.17, 15) is 0 Å². The van der Waals surface area contributed by atoms with Crippen molar-refractivity contribution in [3.63, 3.8) is 0 Å². The lowest BCUT2D eigenvalue weighted by atomic mass is 9.67. The fraction of sp³-hybridized carbons (Fsp3) is 0.143. The van der Waals surface area contributed by atoms with Gasteiger partial charge in [0.1, 0.15) is 0 Å². The van der Waals surface area contributed by atoms with Crippen LogP contribution < -0.4 is 4.90 Å². The van der Waals surface area contributed by atoms with E-state index in [1.807, 2.05) is 0 Å². The average Bonchev–Trinajstić information content (AvgIpc) is 3.89. The van der Waals surface area contributed by atoms with E-state index in [0.717, 1.165) is 17.1 Å². The Kier molecular flexibility index (Phi) is 10.5. The molecule has 0 heterocycles. The number of hydrogen-bond donors (Lipinski definition) is 0. The number of benzene rings is 10. The van der Waals surface area contributed by atoms with E-state index < -0.39 is 10.8 Å². The monoisotopic (exact) mass is 913 g/mol. The molecule has 2 unspecified atom stereocenters. The summed E-state index contributed by atoms with van der Waals surface area (Å²) in [5, 5.41) is 0. The quantitative estimate of drug-likeness (QED) is 0.147. The second-order valence-electron chi connectivity index (χ2n) is 21.7. The topological polar surface area (TPSA) is 3.24 Å². The van der Waals surface area contributed by atoms with Crippen LogP contribution in [0.3, 0.4) is 0 Å². The molecule has 10 aromatic carbocycles. The molecule has 1 heteroatoms. The Morgan fingerprint density at radius 2 is 0.718 bits per heavy atom. The fourth-order valence-corrected chi connectivity index (χ4v) is 12.2. The smallest absolute Gasteiger partial charge is 0.0714 e. The van der Waals surface area contributed by atoms with Crippen LogP contribution in [0, 0.1) is 0 Å². The van der Waals surface area contributed by atoms with Gasteiger partial charge in [0.15, 0.2) is 0 Å². The summed E-state index contributed by atoms with van der Waals surface area (Å²) in [6.07, 6.45) is 0. The summed E-state index contributed by atoms with van der Waals surface area (Å²) in [6.45, 7) is 13.8. The third-order valence-electron chi connectivity index (χ3n) is 15.6. The SMILES string of the molecule is CC(C)(C)c1ccc(C2(c3ccccc3)c3ccccc3-c3ccc(N(c4cccc(-c5ccccc5)c4)c4cccc5c4-c4ccccc4C5(c4ccccc4)c4ccc(C(C)(C)C)cc4)cc32)cc1. The molecule has 0 saturated heterocycles. The summed E-state index contributed by atoms with van der Waals surface area (Å²) < 4.78 is 0. The van der Waals surface area contributed by atoms with Crippen molar-refractivity contribution in [2.75, 3.05) is 4.90 Å². The highest BCUT2D eigenvalue weighted by Gasteiger charge is 2.49. The van der Waals surface area contributed by atoms with Crippen molar-refractivity contribution in [1.82, 2.24) is 0 Å². The Balaban J connectivity index is 1.16. The second kappa shape index (κ2) is 16.9. The van der Waals surface area contributed by atoms with E-state index in [1.165, 1.54) is 89.0 Å². The van der Waals surface area contributed by atoms with Crippen LogP contribution in [0.5, 0.6) is 0 Å². The van der Waals surface area contributed by atoms with Crippen LogP contribution in [-0.2, 0) is 21.7 Å². The molecule has 0 bridgehead atoms. The summed E-state index contributed by atoms with van der Waals surface area (Å²) in [6, 6.07) is 93.9. The van der Waals surface area contributed by atoms with Gasteiger partial charge in [-0.05, 0) is 125 Å². The van der Waals surface area contributed by atoms with Gasteiger partial charge in [0.05, 0.1) is 16.5 Å². The molecule has 0 radical (unpaired) electrons. The maximum Gasteiger partial charge on any atom is 0.0714 e. The Bertz CT molecular complexity index is 3580. The molecule has 1 nitrogen and oxygen atoms in total. The molecule has 0 spiro atoms. The van der Waals surface area contributed by atoms with Crippen molar-refractivity contribution >= 4 is 17.1 Å². The van der Waals surface area contributed by atoms with Gasteiger partial charge in [-0.2, -0.15) is 0 Å². The normalized spacial score (nSPS) is 16.7. The molecule has 0 aliphatic heterocycles. The first-order valence-electron chi connectivity index (χ1n) is 25.3. The van der Waals surface area contributed by atoms with Crippen LogP contribution >= 0.6 is 0 Å². The first-order valence-corrected chi connectivity index (χ1v) is 25.3. The summed E-state index contributed by atoms with van der Waals surface area (Å²) in [5.41, 5.74) is 22.5. The zero-order chi connectivity index (χ0) is 48.5. The molecule has 0 aromatic heterocycles. The fourth-order valence-electron chi connectivity index (χ4n) is 12.2. The highest BCUT2D eigenvalue weighted by molar-refractivity contribution is 5.99. The van der Waals surface area contributed by atoms with Crippen molar-refractivity contribution in [3.8, 4) is 33.4 Å². The maximum atomic E-state index is 2.55. The lowest BCUT2D eigenvalue weighted by molar-refractivity contribution is 0.589. The minimum absolute atomic E-state index is 0.0222. The highest BCUT2D eigenvalue weighted by Crippen LogP contribution is 2.61. The van der Waals surface area contributed by atoms with Crippen molar-refractivity contribution in [2.45, 2.75) is 63.2 Å². The summed E-state index contributed by atoms with van der Waals surface area (Å²) in [7, 11) is 0. The van der Waals surface area contributed by atoms with E-state index in [2.05, 4.69) is 295 Å².